The predicted octanol–water partition coefficient (Wildman–Crippen LogP) is 3.64. The number of ether oxygens (including phenoxy) is 1. The molecular weight excluding hydrogens is 466 g/mol. The van der Waals surface area contributed by atoms with Gasteiger partial charge in [0, 0.05) is 37.9 Å². The van der Waals surface area contributed by atoms with Crippen molar-refractivity contribution in [1.29, 1.82) is 0 Å². The fourth-order valence-electron chi connectivity index (χ4n) is 9.58. The molecule has 0 amide bonds. The molecule has 0 unspecified atom stereocenters. The van der Waals surface area contributed by atoms with Gasteiger partial charge in [-0.05, 0) is 114 Å². The third-order valence-electron chi connectivity index (χ3n) is 12.1. The molecule has 1 heterocycles. The van der Waals surface area contributed by atoms with Crippen LogP contribution in [0.2, 0.25) is 0 Å². The quantitative estimate of drug-likeness (QED) is 0.230. The molecule has 7 nitrogen and oxygen atoms in total. The van der Waals surface area contributed by atoms with Gasteiger partial charge in [0.1, 0.15) is 0 Å². The molecule has 5 aliphatic rings. The summed E-state index contributed by atoms with van der Waals surface area (Å²) in [6.45, 7) is 11.2. The van der Waals surface area contributed by atoms with Gasteiger partial charge in [-0.2, -0.15) is 0 Å². The van der Waals surface area contributed by atoms with E-state index in [0.29, 0.717) is 36.9 Å². The van der Waals surface area contributed by atoms with Crippen LogP contribution in [-0.4, -0.2) is 91.4 Å². The number of aliphatic hydroxyl groups is 2. The molecule has 4 saturated carbocycles. The minimum absolute atomic E-state index is 0.0522. The summed E-state index contributed by atoms with van der Waals surface area (Å²) in [7, 11) is 4.12. The van der Waals surface area contributed by atoms with Crippen molar-refractivity contribution in [3.8, 4) is 0 Å². The zero-order chi connectivity index (χ0) is 26.3. The molecule has 1 saturated heterocycles. The number of rotatable bonds is 10. The van der Waals surface area contributed by atoms with Crippen LogP contribution >= 0.6 is 0 Å². The van der Waals surface area contributed by atoms with Crippen molar-refractivity contribution >= 4 is 0 Å². The molecule has 1 aliphatic heterocycles. The number of fused-ring (bicyclic) bond motifs is 5. The van der Waals surface area contributed by atoms with E-state index in [4.69, 9.17) is 9.57 Å². The Bertz CT molecular complexity index is 778. The van der Waals surface area contributed by atoms with Gasteiger partial charge in [0.15, 0.2) is 5.79 Å². The Labute approximate surface area is 225 Å². The van der Waals surface area contributed by atoms with Gasteiger partial charge in [-0.15, -0.1) is 0 Å². The van der Waals surface area contributed by atoms with Crippen LogP contribution < -0.4 is 5.48 Å². The number of hydrogen-bond acceptors (Lipinski definition) is 7. The van der Waals surface area contributed by atoms with Crippen molar-refractivity contribution in [1.82, 2.24) is 15.3 Å². The molecule has 7 heteroatoms. The molecule has 37 heavy (non-hydrogen) atoms. The van der Waals surface area contributed by atoms with E-state index in [1.165, 1.54) is 32.4 Å². The van der Waals surface area contributed by atoms with Gasteiger partial charge in [0.25, 0.3) is 0 Å². The fourth-order valence-corrected chi connectivity index (χ4v) is 9.58. The maximum Gasteiger partial charge on any atom is 0.165 e. The van der Waals surface area contributed by atoms with Gasteiger partial charge in [0.05, 0.1) is 18.8 Å². The standard InChI is InChI=1S/C30H55N3O4/c1-27-13-14-29(34,36-19-18-33-15-5-6-16-33)21-23(27)7-8-26-25(27)10-11-28(2)24(9-12-30(26,28)35)22-31-37-20-17-32(3)4/h23-26,31,34-35H,5-22H2,1-4H3/t23-,24-,25+,26-,27+,28-,29-,30+/m1/s1. The largest absolute Gasteiger partial charge is 0.389 e. The highest BCUT2D eigenvalue weighted by Crippen LogP contribution is 2.69. The number of likely N-dealkylation sites (tertiary alicyclic amines) is 1. The number of nitrogens with one attached hydrogen (secondary N) is 1. The second-order valence-electron chi connectivity index (χ2n) is 14.2. The Kier molecular flexibility index (Phi) is 8.36. The number of hydroxylamine groups is 1. The first-order valence-corrected chi connectivity index (χ1v) is 15.4. The molecule has 0 spiro atoms. The van der Waals surface area contributed by atoms with Crippen molar-refractivity contribution in [2.75, 3.05) is 60.0 Å². The average molecular weight is 522 g/mol. The highest BCUT2D eigenvalue weighted by Gasteiger charge is 2.67. The van der Waals surface area contributed by atoms with E-state index in [9.17, 15) is 10.2 Å². The third-order valence-corrected chi connectivity index (χ3v) is 12.1. The normalized spacial score (nSPS) is 46.1. The highest BCUT2D eigenvalue weighted by atomic mass is 16.6. The maximum absolute atomic E-state index is 12.4. The first kappa shape index (κ1) is 28.3. The van der Waals surface area contributed by atoms with E-state index in [1.54, 1.807) is 0 Å². The van der Waals surface area contributed by atoms with Crippen LogP contribution in [-0.2, 0) is 9.57 Å². The zero-order valence-corrected chi connectivity index (χ0v) is 24.1. The van der Waals surface area contributed by atoms with Crippen molar-refractivity contribution in [2.45, 2.75) is 95.9 Å². The molecule has 8 atom stereocenters. The van der Waals surface area contributed by atoms with Gasteiger partial charge in [-0.1, -0.05) is 13.8 Å². The van der Waals surface area contributed by atoms with Crippen molar-refractivity contribution in [3.05, 3.63) is 0 Å². The van der Waals surface area contributed by atoms with Crippen molar-refractivity contribution in [2.24, 2.45) is 34.5 Å². The summed E-state index contributed by atoms with van der Waals surface area (Å²) in [5, 5.41) is 23.8. The van der Waals surface area contributed by atoms with Crippen LogP contribution in [0, 0.1) is 34.5 Å². The van der Waals surface area contributed by atoms with E-state index in [2.05, 4.69) is 43.2 Å². The van der Waals surface area contributed by atoms with E-state index >= 15 is 0 Å². The van der Waals surface area contributed by atoms with Gasteiger partial charge >= 0.3 is 0 Å². The molecule has 0 bridgehead atoms. The molecule has 214 valence electrons. The van der Waals surface area contributed by atoms with Crippen LogP contribution in [0.5, 0.6) is 0 Å². The Morgan fingerprint density at radius 1 is 0.919 bits per heavy atom. The molecule has 5 fully saturated rings. The molecule has 5 rings (SSSR count). The Balaban J connectivity index is 1.19. The molecule has 0 radical (unpaired) electrons. The maximum atomic E-state index is 12.4. The lowest BCUT2D eigenvalue weighted by Crippen LogP contribution is -2.63. The monoisotopic (exact) mass is 521 g/mol. The fraction of sp³-hybridized carbons (Fsp3) is 1.00. The Hall–Kier alpha value is -0.280. The summed E-state index contributed by atoms with van der Waals surface area (Å²) in [5.74, 6) is 0.879. The van der Waals surface area contributed by atoms with E-state index in [-0.39, 0.29) is 10.8 Å². The van der Waals surface area contributed by atoms with Crippen LogP contribution in [0.4, 0.5) is 0 Å². The molecule has 0 aromatic carbocycles. The summed E-state index contributed by atoms with van der Waals surface area (Å²) in [6.07, 6.45) is 11.6. The zero-order valence-electron chi connectivity index (χ0n) is 24.1. The third kappa shape index (κ3) is 5.28. The lowest BCUT2D eigenvalue weighted by molar-refractivity contribution is -0.270. The van der Waals surface area contributed by atoms with Crippen molar-refractivity contribution in [3.63, 3.8) is 0 Å². The Morgan fingerprint density at radius 2 is 1.70 bits per heavy atom. The lowest BCUT2D eigenvalue weighted by Gasteiger charge is -2.64. The summed E-state index contributed by atoms with van der Waals surface area (Å²) >= 11 is 0. The minimum Gasteiger partial charge on any atom is -0.389 e. The number of likely N-dealkylation sites (N-methyl/N-ethyl adjacent to an activating group) is 1. The summed E-state index contributed by atoms with van der Waals surface area (Å²) in [6, 6.07) is 0. The van der Waals surface area contributed by atoms with Crippen LogP contribution in [0.1, 0.15) is 84.5 Å². The van der Waals surface area contributed by atoms with Crippen LogP contribution in [0.3, 0.4) is 0 Å². The van der Waals surface area contributed by atoms with Crippen molar-refractivity contribution < 1.29 is 19.8 Å². The van der Waals surface area contributed by atoms with Gasteiger partial charge in [-0.25, -0.2) is 5.48 Å². The first-order valence-electron chi connectivity index (χ1n) is 15.4. The first-order chi connectivity index (χ1) is 17.6. The van der Waals surface area contributed by atoms with Crippen LogP contribution in [0.25, 0.3) is 0 Å². The van der Waals surface area contributed by atoms with E-state index in [1.807, 2.05) is 0 Å². The summed E-state index contributed by atoms with van der Waals surface area (Å²) in [4.78, 5) is 10.3. The second kappa shape index (κ2) is 10.9. The SMILES string of the molecule is CN(C)CCONC[C@H]1CC[C@]2(O)[C@@H]3CC[C@@H]4C[C@](O)(OCCN5CCCC5)CC[C@]4(C)[C@H]3CC[C@]12C. The number of nitrogens with zero attached hydrogens (tertiary/aromatic N) is 2. The summed E-state index contributed by atoms with van der Waals surface area (Å²) < 4.78 is 6.19. The highest BCUT2D eigenvalue weighted by molar-refractivity contribution is 5.17. The number of hydrogen-bond donors (Lipinski definition) is 3. The molecule has 0 aromatic rings. The minimum atomic E-state index is -0.965. The van der Waals surface area contributed by atoms with Crippen LogP contribution in [0.15, 0.2) is 0 Å². The van der Waals surface area contributed by atoms with Gasteiger partial charge in [-0.3, -0.25) is 0 Å². The average Bonchev–Trinajstić information content (AvgIpc) is 3.46. The smallest absolute Gasteiger partial charge is 0.165 e. The predicted molar refractivity (Wildman–Crippen MR) is 146 cm³/mol. The lowest BCUT2D eigenvalue weighted by atomic mass is 9.43. The molecule has 4 aliphatic carbocycles. The Morgan fingerprint density at radius 3 is 2.46 bits per heavy atom. The second-order valence-corrected chi connectivity index (χ2v) is 14.2. The van der Waals surface area contributed by atoms with E-state index in [0.717, 1.165) is 71.0 Å². The topological polar surface area (TPSA) is 77.4 Å². The summed E-state index contributed by atoms with van der Waals surface area (Å²) in [5.41, 5.74) is 2.80. The van der Waals surface area contributed by atoms with E-state index < -0.39 is 11.4 Å². The van der Waals surface area contributed by atoms with Gasteiger partial charge < -0.3 is 29.6 Å². The molecule has 0 aromatic heterocycles. The molecular formula is C30H55N3O4. The molecule has 3 N–H and O–H groups in total. The van der Waals surface area contributed by atoms with Gasteiger partial charge in [0.2, 0.25) is 0 Å².